The van der Waals surface area contributed by atoms with Crippen LogP contribution in [0, 0.1) is 0 Å². The Labute approximate surface area is 273 Å². The molecule has 232 valence electrons. The second kappa shape index (κ2) is 14.6. The van der Waals surface area contributed by atoms with E-state index in [1.807, 2.05) is 0 Å². The molecule has 0 amide bonds. The minimum Gasteiger partial charge on any atom is -0.384 e. The van der Waals surface area contributed by atoms with Crippen molar-refractivity contribution >= 4 is 33.2 Å². The zero-order valence-corrected chi connectivity index (χ0v) is 26.9. The van der Waals surface area contributed by atoms with Gasteiger partial charge in [-0.1, -0.05) is 99.2 Å². The zero-order valence-electron chi connectivity index (χ0n) is 26.9. The van der Waals surface area contributed by atoms with Crippen molar-refractivity contribution in [1.29, 1.82) is 0 Å². The molecule has 8 bridgehead atoms. The van der Waals surface area contributed by atoms with Crippen molar-refractivity contribution in [3.05, 3.63) is 133 Å². The molecule has 2 aromatic heterocycles. The van der Waals surface area contributed by atoms with Gasteiger partial charge in [-0.25, -0.2) is 0 Å². The molecule has 0 saturated carbocycles. The van der Waals surface area contributed by atoms with Crippen LogP contribution in [-0.2, 0) is 13.1 Å². The number of hydrogen-bond acceptors (Lipinski definition) is 2. The van der Waals surface area contributed by atoms with E-state index in [1.165, 1.54) is 107 Å². The molecule has 0 radical (unpaired) electrons. The van der Waals surface area contributed by atoms with Gasteiger partial charge in [0.05, 0.1) is 22.1 Å². The fourth-order valence-corrected chi connectivity index (χ4v) is 7.01. The van der Waals surface area contributed by atoms with E-state index in [2.05, 4.69) is 141 Å². The summed E-state index contributed by atoms with van der Waals surface area (Å²) in [6, 6.07) is 40.2. The minimum atomic E-state index is 0.830. The first kappa shape index (κ1) is 30.0. The first-order chi connectivity index (χ1) is 22.8. The molecule has 2 N–H and O–H groups in total. The van der Waals surface area contributed by atoms with Crippen molar-refractivity contribution in [1.82, 2.24) is 0 Å². The highest BCUT2D eigenvalue weighted by atomic mass is 15.0. The van der Waals surface area contributed by atoms with Crippen molar-refractivity contribution < 1.29 is 9.13 Å². The molecule has 8 rings (SSSR count). The van der Waals surface area contributed by atoms with Crippen LogP contribution in [0.15, 0.2) is 122 Å². The molecule has 0 saturated heterocycles. The second-order valence-corrected chi connectivity index (χ2v) is 12.8. The van der Waals surface area contributed by atoms with E-state index in [0.717, 1.165) is 26.2 Å². The predicted molar refractivity (Wildman–Crippen MR) is 192 cm³/mol. The third-order valence-electron chi connectivity index (χ3n) is 9.48. The van der Waals surface area contributed by atoms with Gasteiger partial charge in [0, 0.05) is 48.5 Å². The number of pyridine rings is 2. The Kier molecular flexibility index (Phi) is 9.51. The summed E-state index contributed by atoms with van der Waals surface area (Å²) < 4.78 is 4.76. The number of anilines is 2. The van der Waals surface area contributed by atoms with Crippen molar-refractivity contribution in [2.24, 2.45) is 0 Å². The molecule has 0 fully saturated rings. The lowest BCUT2D eigenvalue weighted by atomic mass is 10.0. The lowest BCUT2D eigenvalue weighted by Crippen LogP contribution is -2.35. The number of para-hydroxylation sites is 2. The summed E-state index contributed by atoms with van der Waals surface area (Å²) in [4.78, 5) is 0. The second-order valence-electron chi connectivity index (χ2n) is 12.8. The summed E-state index contributed by atoms with van der Waals surface area (Å²) in [7, 11) is 0. The summed E-state index contributed by atoms with van der Waals surface area (Å²) in [5.41, 5.74) is 10.1. The fraction of sp³-hybridized carbons (Fsp3) is 0.286. The molecule has 2 aliphatic rings. The van der Waals surface area contributed by atoms with Crippen LogP contribution in [0.3, 0.4) is 0 Å². The molecule has 4 heterocycles. The maximum atomic E-state index is 3.75. The molecule has 0 aliphatic carbocycles. The Morgan fingerprint density at radius 2 is 0.848 bits per heavy atom. The molecule has 0 unspecified atom stereocenters. The number of aromatic nitrogens is 2. The van der Waals surface area contributed by atoms with Crippen molar-refractivity contribution in [2.75, 3.05) is 23.7 Å². The fourth-order valence-electron chi connectivity index (χ4n) is 7.01. The molecule has 0 spiro atoms. The largest absolute Gasteiger partial charge is 0.384 e. The van der Waals surface area contributed by atoms with Gasteiger partial charge < -0.3 is 10.6 Å². The highest BCUT2D eigenvalue weighted by Gasteiger charge is 2.15. The lowest BCUT2D eigenvalue weighted by Gasteiger charge is -2.11. The molecule has 6 aromatic rings. The molecular weight excluding hydrogens is 560 g/mol. The van der Waals surface area contributed by atoms with Gasteiger partial charge in [-0.15, -0.1) is 0 Å². The van der Waals surface area contributed by atoms with Crippen LogP contribution in [0.5, 0.6) is 0 Å². The van der Waals surface area contributed by atoms with Crippen LogP contribution in [0.25, 0.3) is 32.9 Å². The van der Waals surface area contributed by atoms with E-state index in [9.17, 15) is 0 Å². The molecular formula is C42H46N4+2. The van der Waals surface area contributed by atoms with Gasteiger partial charge in [0.1, 0.15) is 0 Å². The van der Waals surface area contributed by atoms with Gasteiger partial charge in [-0.2, -0.15) is 9.13 Å². The van der Waals surface area contributed by atoms with Gasteiger partial charge in [-0.05, 0) is 48.2 Å². The third-order valence-corrected chi connectivity index (χ3v) is 9.48. The summed E-state index contributed by atoms with van der Waals surface area (Å²) in [6.07, 6.45) is 14.8. The van der Waals surface area contributed by atoms with E-state index < -0.39 is 0 Å². The zero-order chi connectivity index (χ0) is 31.0. The number of nitrogens with zero attached hydrogens (tertiary/aromatic N) is 2. The van der Waals surface area contributed by atoms with Crippen LogP contribution in [-0.4, -0.2) is 13.1 Å². The minimum absolute atomic E-state index is 0.830. The van der Waals surface area contributed by atoms with Gasteiger partial charge in [0.15, 0.2) is 25.5 Å². The average molecular weight is 607 g/mol. The molecule has 4 nitrogen and oxygen atoms in total. The molecule has 4 aromatic carbocycles. The monoisotopic (exact) mass is 606 g/mol. The van der Waals surface area contributed by atoms with Crippen LogP contribution < -0.4 is 19.8 Å². The Balaban J connectivity index is 1.19. The quantitative estimate of drug-likeness (QED) is 0.169. The molecule has 4 heteroatoms. The first-order valence-corrected chi connectivity index (χ1v) is 17.3. The predicted octanol–water partition coefficient (Wildman–Crippen LogP) is 9.29. The Bertz CT molecular complexity index is 1790. The van der Waals surface area contributed by atoms with Crippen molar-refractivity contribution in [3.8, 4) is 11.1 Å². The average Bonchev–Trinajstić information content (AvgIpc) is 3.10. The van der Waals surface area contributed by atoms with E-state index in [-0.39, 0.29) is 0 Å². The third kappa shape index (κ3) is 7.07. The SMILES string of the molecule is c1cc2cc(c1)-c1cccc(c1)C[n+]1ccc(c3ccccc31)NCCCCCCCCCCNc1cc[n+](c3ccccc13)C2. The van der Waals surface area contributed by atoms with E-state index >= 15 is 0 Å². The Morgan fingerprint density at radius 3 is 1.33 bits per heavy atom. The van der Waals surface area contributed by atoms with Crippen molar-refractivity contribution in [2.45, 2.75) is 64.5 Å². The topological polar surface area (TPSA) is 31.8 Å². The van der Waals surface area contributed by atoms with Crippen LogP contribution in [0.1, 0.15) is 62.5 Å². The van der Waals surface area contributed by atoms with Gasteiger partial charge in [0.2, 0.25) is 11.0 Å². The van der Waals surface area contributed by atoms with E-state index in [1.54, 1.807) is 0 Å². The van der Waals surface area contributed by atoms with Crippen LogP contribution in [0.2, 0.25) is 0 Å². The normalized spacial score (nSPS) is 15.1. The van der Waals surface area contributed by atoms with E-state index in [0.29, 0.717) is 0 Å². The maximum absolute atomic E-state index is 3.75. The molecule has 2 aliphatic heterocycles. The first-order valence-electron chi connectivity index (χ1n) is 17.3. The molecule has 46 heavy (non-hydrogen) atoms. The number of benzene rings is 4. The summed E-state index contributed by atoms with van der Waals surface area (Å²) in [5, 5.41) is 10.1. The Morgan fingerprint density at radius 1 is 0.413 bits per heavy atom. The highest BCUT2D eigenvalue weighted by Crippen LogP contribution is 2.25. The van der Waals surface area contributed by atoms with Crippen LogP contribution >= 0.6 is 0 Å². The Hall–Kier alpha value is -4.70. The number of hydrogen-bond donors (Lipinski definition) is 2. The summed E-state index contributed by atoms with van der Waals surface area (Å²) in [5.74, 6) is 0. The smallest absolute Gasteiger partial charge is 0.214 e. The van der Waals surface area contributed by atoms with Gasteiger partial charge in [0.25, 0.3) is 0 Å². The number of rotatable bonds is 0. The maximum Gasteiger partial charge on any atom is 0.214 e. The van der Waals surface area contributed by atoms with Crippen molar-refractivity contribution in [3.63, 3.8) is 0 Å². The van der Waals surface area contributed by atoms with Gasteiger partial charge >= 0.3 is 0 Å². The van der Waals surface area contributed by atoms with E-state index in [4.69, 9.17) is 0 Å². The number of fused-ring (bicyclic) bond motifs is 13. The van der Waals surface area contributed by atoms with Gasteiger partial charge in [-0.3, -0.25) is 0 Å². The standard InChI is InChI=1S/C42H44N4/c1-2-4-6-12-26-44-40-24-28-46(42-22-10-8-20-38(40)42)32-34-16-14-18-36(30-34)35-17-13-15-33(29-35)31-45-27-23-39(43-25-11-5-3-1)37-19-7-9-21-41(37)45/h7-10,13-24,27-30H,1-6,11-12,25-26,31-32H2/p+2. The summed E-state index contributed by atoms with van der Waals surface area (Å²) >= 11 is 0. The summed E-state index contributed by atoms with van der Waals surface area (Å²) in [6.45, 7) is 3.71. The van der Waals surface area contributed by atoms with Crippen LogP contribution in [0.4, 0.5) is 11.4 Å². The number of nitrogens with one attached hydrogen (secondary N) is 2. The highest BCUT2D eigenvalue weighted by molar-refractivity contribution is 5.89. The molecule has 0 atom stereocenters. The lowest BCUT2D eigenvalue weighted by molar-refractivity contribution is -0.662.